The fourth-order valence-electron chi connectivity index (χ4n) is 1.71. The van der Waals surface area contributed by atoms with Crippen LogP contribution in [0.4, 0.5) is 8.78 Å². The third-order valence-electron chi connectivity index (χ3n) is 3.30. The molecule has 0 aliphatic heterocycles. The molecule has 5 heteroatoms. The Morgan fingerprint density at radius 2 is 1.95 bits per heavy atom. The molecule has 0 fully saturated rings. The van der Waals surface area contributed by atoms with Gasteiger partial charge in [0.1, 0.15) is 11.6 Å². The summed E-state index contributed by atoms with van der Waals surface area (Å²) in [6.07, 6.45) is 0.911. The van der Waals surface area contributed by atoms with Crippen molar-refractivity contribution in [3.8, 4) is 0 Å². The molecule has 0 saturated heterocycles. The van der Waals surface area contributed by atoms with E-state index in [-0.39, 0.29) is 30.4 Å². The zero-order valence-corrected chi connectivity index (χ0v) is 11.2. The number of halogens is 2. The number of benzene rings is 1. The Hall–Kier alpha value is -1.49. The Labute approximate surface area is 112 Å². The van der Waals surface area contributed by atoms with Crippen molar-refractivity contribution >= 4 is 5.91 Å². The van der Waals surface area contributed by atoms with Crippen LogP contribution in [0, 0.1) is 17.6 Å². The zero-order valence-electron chi connectivity index (χ0n) is 11.2. The van der Waals surface area contributed by atoms with Crippen LogP contribution < -0.4 is 11.1 Å². The van der Waals surface area contributed by atoms with Crippen molar-refractivity contribution in [2.75, 3.05) is 6.54 Å². The van der Waals surface area contributed by atoms with Crippen molar-refractivity contribution in [2.24, 2.45) is 11.7 Å². The average molecular weight is 270 g/mol. The summed E-state index contributed by atoms with van der Waals surface area (Å²) in [7, 11) is 0. The molecule has 3 N–H and O–H groups in total. The SMILES string of the molecule is CCC(C)C(N)C(=O)NCCc1c(F)cccc1F. The van der Waals surface area contributed by atoms with Gasteiger partial charge < -0.3 is 11.1 Å². The second-order valence-corrected chi connectivity index (χ2v) is 4.65. The van der Waals surface area contributed by atoms with Gasteiger partial charge in [-0.05, 0) is 24.5 Å². The molecule has 0 aliphatic rings. The van der Waals surface area contributed by atoms with Crippen LogP contribution in [0.25, 0.3) is 0 Å². The van der Waals surface area contributed by atoms with Gasteiger partial charge in [0.05, 0.1) is 6.04 Å². The van der Waals surface area contributed by atoms with Crippen molar-refractivity contribution in [2.45, 2.75) is 32.7 Å². The first-order valence-corrected chi connectivity index (χ1v) is 6.43. The molecule has 0 aromatic heterocycles. The zero-order chi connectivity index (χ0) is 14.4. The van der Waals surface area contributed by atoms with Crippen molar-refractivity contribution in [3.63, 3.8) is 0 Å². The Morgan fingerprint density at radius 1 is 1.37 bits per heavy atom. The van der Waals surface area contributed by atoms with E-state index in [4.69, 9.17) is 5.73 Å². The fraction of sp³-hybridized carbons (Fsp3) is 0.500. The predicted molar refractivity (Wildman–Crippen MR) is 70.5 cm³/mol. The van der Waals surface area contributed by atoms with Gasteiger partial charge in [0, 0.05) is 12.1 Å². The Balaban J connectivity index is 2.49. The number of rotatable bonds is 6. The van der Waals surface area contributed by atoms with Crippen LogP contribution >= 0.6 is 0 Å². The van der Waals surface area contributed by atoms with E-state index in [0.717, 1.165) is 6.42 Å². The molecule has 0 aliphatic carbocycles. The Morgan fingerprint density at radius 3 is 2.47 bits per heavy atom. The Kier molecular flexibility index (Phi) is 5.89. The van der Waals surface area contributed by atoms with Gasteiger partial charge in [0.2, 0.25) is 5.91 Å². The molecule has 2 unspecified atom stereocenters. The summed E-state index contributed by atoms with van der Waals surface area (Å²) in [5.41, 5.74) is 5.74. The van der Waals surface area contributed by atoms with Crippen molar-refractivity contribution in [1.29, 1.82) is 0 Å². The quantitative estimate of drug-likeness (QED) is 0.830. The van der Waals surface area contributed by atoms with E-state index in [1.807, 2.05) is 13.8 Å². The van der Waals surface area contributed by atoms with Gasteiger partial charge in [0.15, 0.2) is 0 Å². The largest absolute Gasteiger partial charge is 0.354 e. The summed E-state index contributed by atoms with van der Waals surface area (Å²) >= 11 is 0. The first-order valence-electron chi connectivity index (χ1n) is 6.43. The minimum Gasteiger partial charge on any atom is -0.354 e. The van der Waals surface area contributed by atoms with Crippen LogP contribution in [-0.4, -0.2) is 18.5 Å². The van der Waals surface area contributed by atoms with Crippen LogP contribution in [0.15, 0.2) is 18.2 Å². The molecule has 0 bridgehead atoms. The normalized spacial score (nSPS) is 13.9. The van der Waals surface area contributed by atoms with Crippen LogP contribution in [0.5, 0.6) is 0 Å². The number of hydrogen-bond acceptors (Lipinski definition) is 2. The summed E-state index contributed by atoms with van der Waals surface area (Å²) in [4.78, 5) is 11.7. The molecular weight excluding hydrogens is 250 g/mol. The minimum atomic E-state index is -0.597. The monoisotopic (exact) mass is 270 g/mol. The number of amides is 1. The number of nitrogens with two attached hydrogens (primary N) is 1. The summed E-state index contributed by atoms with van der Waals surface area (Å²) in [5, 5.41) is 2.60. The molecule has 0 saturated carbocycles. The molecule has 0 heterocycles. The van der Waals surface area contributed by atoms with E-state index in [1.165, 1.54) is 18.2 Å². The highest BCUT2D eigenvalue weighted by molar-refractivity contribution is 5.81. The number of nitrogens with one attached hydrogen (secondary N) is 1. The van der Waals surface area contributed by atoms with Crippen molar-refractivity contribution in [3.05, 3.63) is 35.4 Å². The van der Waals surface area contributed by atoms with Crippen LogP contribution in [-0.2, 0) is 11.2 Å². The lowest BCUT2D eigenvalue weighted by atomic mass is 9.99. The Bertz CT molecular complexity index is 417. The van der Waals surface area contributed by atoms with E-state index in [0.29, 0.717) is 0 Å². The molecule has 1 aromatic rings. The molecule has 0 spiro atoms. The van der Waals surface area contributed by atoms with Gasteiger partial charge in [-0.15, -0.1) is 0 Å². The van der Waals surface area contributed by atoms with Crippen molar-refractivity contribution in [1.82, 2.24) is 5.32 Å². The fourth-order valence-corrected chi connectivity index (χ4v) is 1.71. The van der Waals surface area contributed by atoms with Gasteiger partial charge >= 0.3 is 0 Å². The van der Waals surface area contributed by atoms with Crippen molar-refractivity contribution < 1.29 is 13.6 Å². The van der Waals surface area contributed by atoms with Crippen LogP contribution in [0.2, 0.25) is 0 Å². The highest BCUT2D eigenvalue weighted by Gasteiger charge is 2.19. The lowest BCUT2D eigenvalue weighted by Crippen LogP contribution is -2.45. The lowest BCUT2D eigenvalue weighted by molar-refractivity contribution is -0.123. The summed E-state index contributed by atoms with van der Waals surface area (Å²) < 4.78 is 26.7. The highest BCUT2D eigenvalue weighted by atomic mass is 19.1. The molecular formula is C14H20F2N2O. The van der Waals surface area contributed by atoms with Crippen LogP contribution in [0.1, 0.15) is 25.8 Å². The maximum absolute atomic E-state index is 13.3. The maximum atomic E-state index is 13.3. The number of carbonyl (C=O) groups is 1. The van der Waals surface area contributed by atoms with Crippen LogP contribution in [0.3, 0.4) is 0 Å². The smallest absolute Gasteiger partial charge is 0.237 e. The third kappa shape index (κ3) is 4.28. The second kappa shape index (κ2) is 7.19. The van der Waals surface area contributed by atoms with Gasteiger partial charge in [-0.2, -0.15) is 0 Å². The van der Waals surface area contributed by atoms with Gasteiger partial charge in [-0.3, -0.25) is 4.79 Å². The molecule has 106 valence electrons. The standard InChI is InChI=1S/C14H20F2N2O/c1-3-9(2)13(17)14(19)18-8-7-10-11(15)5-4-6-12(10)16/h4-6,9,13H,3,7-8,17H2,1-2H3,(H,18,19). The topological polar surface area (TPSA) is 55.1 Å². The van der Waals surface area contributed by atoms with Gasteiger partial charge in [-0.25, -0.2) is 8.78 Å². The molecule has 19 heavy (non-hydrogen) atoms. The minimum absolute atomic E-state index is 0.0140. The average Bonchev–Trinajstić information content (AvgIpc) is 2.40. The summed E-state index contributed by atoms with van der Waals surface area (Å²) in [6, 6.07) is 3.12. The molecule has 3 nitrogen and oxygen atoms in total. The molecule has 1 aromatic carbocycles. The van der Waals surface area contributed by atoms with E-state index in [9.17, 15) is 13.6 Å². The molecule has 0 radical (unpaired) electrons. The molecule has 1 rings (SSSR count). The first kappa shape index (κ1) is 15.6. The van der Waals surface area contributed by atoms with E-state index in [2.05, 4.69) is 5.32 Å². The van der Waals surface area contributed by atoms with Gasteiger partial charge in [-0.1, -0.05) is 26.3 Å². The lowest BCUT2D eigenvalue weighted by Gasteiger charge is -2.17. The predicted octanol–water partition coefficient (Wildman–Crippen LogP) is 2.00. The van der Waals surface area contributed by atoms with Gasteiger partial charge in [0.25, 0.3) is 0 Å². The summed E-state index contributed by atoms with van der Waals surface area (Å²) in [6.45, 7) is 4.01. The third-order valence-corrected chi connectivity index (χ3v) is 3.30. The van der Waals surface area contributed by atoms with E-state index >= 15 is 0 Å². The molecule has 1 amide bonds. The first-order chi connectivity index (χ1) is 8.97. The summed E-state index contributed by atoms with van der Waals surface area (Å²) in [5.74, 6) is -1.41. The highest BCUT2D eigenvalue weighted by Crippen LogP contribution is 2.12. The number of hydrogen-bond donors (Lipinski definition) is 2. The second-order valence-electron chi connectivity index (χ2n) is 4.65. The maximum Gasteiger partial charge on any atom is 0.237 e. The van der Waals surface area contributed by atoms with E-state index in [1.54, 1.807) is 0 Å². The molecule has 2 atom stereocenters. The van der Waals surface area contributed by atoms with E-state index < -0.39 is 17.7 Å². The number of carbonyl (C=O) groups excluding carboxylic acids is 1.